The summed E-state index contributed by atoms with van der Waals surface area (Å²) >= 11 is 0. The van der Waals surface area contributed by atoms with Gasteiger partial charge >= 0.3 is 0 Å². The SMILES string of the molecule is O=C(NC1CCS(=O)(=O)c2ccccc21)c1cc(C2CC2)nc2onc(-c3ccccc3)c12. The van der Waals surface area contributed by atoms with Crippen molar-refractivity contribution in [2.24, 2.45) is 0 Å². The number of carbonyl (C=O) groups excluding carboxylic acids is 1. The largest absolute Gasteiger partial charge is 0.345 e. The second kappa shape index (κ2) is 7.52. The van der Waals surface area contributed by atoms with E-state index >= 15 is 0 Å². The van der Waals surface area contributed by atoms with Crippen molar-refractivity contribution in [2.45, 2.75) is 36.1 Å². The molecule has 2 aliphatic rings. The highest BCUT2D eigenvalue weighted by Gasteiger charge is 2.33. The fraction of sp³-hybridized carbons (Fsp3) is 0.240. The van der Waals surface area contributed by atoms with E-state index in [1.807, 2.05) is 36.4 Å². The predicted octanol–water partition coefficient (Wildman–Crippen LogP) is 4.42. The Hall–Kier alpha value is -3.52. The first-order valence-electron chi connectivity index (χ1n) is 11.0. The maximum absolute atomic E-state index is 13.6. The number of carbonyl (C=O) groups is 1. The molecule has 1 N–H and O–H groups in total. The number of benzene rings is 2. The first kappa shape index (κ1) is 20.1. The minimum Gasteiger partial charge on any atom is -0.345 e. The number of nitrogens with zero attached hydrogens (tertiary/aromatic N) is 2. The molecule has 2 aromatic carbocycles. The van der Waals surface area contributed by atoms with Crippen molar-refractivity contribution in [1.29, 1.82) is 0 Å². The van der Waals surface area contributed by atoms with Gasteiger partial charge in [-0.2, -0.15) is 0 Å². The van der Waals surface area contributed by atoms with Gasteiger partial charge in [0.15, 0.2) is 9.84 Å². The Balaban J connectivity index is 1.44. The summed E-state index contributed by atoms with van der Waals surface area (Å²) in [4.78, 5) is 18.5. The molecule has 0 saturated heterocycles. The van der Waals surface area contributed by atoms with Crippen LogP contribution in [0.1, 0.15) is 52.8 Å². The van der Waals surface area contributed by atoms with Crippen LogP contribution in [0.15, 0.2) is 70.1 Å². The summed E-state index contributed by atoms with van der Waals surface area (Å²) in [6, 6.07) is 17.9. The fourth-order valence-corrected chi connectivity index (χ4v) is 6.13. The number of rotatable bonds is 4. The van der Waals surface area contributed by atoms with Crippen LogP contribution in [-0.4, -0.2) is 30.2 Å². The summed E-state index contributed by atoms with van der Waals surface area (Å²) in [5.74, 6) is 0.0342. The summed E-state index contributed by atoms with van der Waals surface area (Å²) < 4.78 is 30.6. The average Bonchev–Trinajstić information content (AvgIpc) is 3.60. The van der Waals surface area contributed by atoms with E-state index in [9.17, 15) is 13.2 Å². The van der Waals surface area contributed by atoms with Crippen LogP contribution in [0.25, 0.3) is 22.4 Å². The van der Waals surface area contributed by atoms with Gasteiger partial charge in [0.25, 0.3) is 11.6 Å². The van der Waals surface area contributed by atoms with Gasteiger partial charge in [0, 0.05) is 17.2 Å². The second-order valence-electron chi connectivity index (χ2n) is 8.62. The zero-order valence-corrected chi connectivity index (χ0v) is 18.5. The quantitative estimate of drug-likeness (QED) is 0.485. The third-order valence-electron chi connectivity index (χ3n) is 6.36. The summed E-state index contributed by atoms with van der Waals surface area (Å²) in [6.07, 6.45) is 2.39. The highest BCUT2D eigenvalue weighted by molar-refractivity contribution is 7.91. The van der Waals surface area contributed by atoms with E-state index in [4.69, 9.17) is 4.52 Å². The number of nitrogens with one attached hydrogen (secondary N) is 1. The Bertz CT molecular complexity index is 1490. The monoisotopic (exact) mass is 459 g/mol. The zero-order chi connectivity index (χ0) is 22.6. The van der Waals surface area contributed by atoms with Crippen molar-refractivity contribution in [3.05, 3.63) is 77.5 Å². The third kappa shape index (κ3) is 3.51. The minimum absolute atomic E-state index is 0.00340. The van der Waals surface area contributed by atoms with E-state index in [2.05, 4.69) is 15.5 Å². The molecule has 1 atom stereocenters. The molecular weight excluding hydrogens is 438 g/mol. The Labute approximate surface area is 190 Å². The zero-order valence-electron chi connectivity index (χ0n) is 17.7. The summed E-state index contributed by atoms with van der Waals surface area (Å²) in [7, 11) is -3.34. The maximum Gasteiger partial charge on any atom is 0.259 e. The highest BCUT2D eigenvalue weighted by Crippen LogP contribution is 2.41. The van der Waals surface area contributed by atoms with Gasteiger partial charge in [-0.1, -0.05) is 53.7 Å². The molecular formula is C25H21N3O4S. The molecule has 1 aliphatic carbocycles. The van der Waals surface area contributed by atoms with Gasteiger partial charge in [-0.3, -0.25) is 4.79 Å². The van der Waals surface area contributed by atoms with Crippen LogP contribution in [0, 0.1) is 0 Å². The molecule has 6 rings (SSSR count). The first-order valence-corrected chi connectivity index (χ1v) is 12.6. The van der Waals surface area contributed by atoms with Crippen LogP contribution in [-0.2, 0) is 9.84 Å². The van der Waals surface area contributed by atoms with Crippen molar-refractivity contribution in [3.63, 3.8) is 0 Å². The minimum atomic E-state index is -3.34. The number of sulfone groups is 1. The molecule has 0 bridgehead atoms. The molecule has 1 fully saturated rings. The van der Waals surface area contributed by atoms with E-state index in [0.29, 0.717) is 40.3 Å². The lowest BCUT2D eigenvalue weighted by Crippen LogP contribution is -2.34. The lowest BCUT2D eigenvalue weighted by molar-refractivity contribution is 0.0936. The maximum atomic E-state index is 13.6. The number of fused-ring (bicyclic) bond motifs is 2. The van der Waals surface area contributed by atoms with Crippen molar-refractivity contribution >= 4 is 26.8 Å². The lowest BCUT2D eigenvalue weighted by atomic mass is 10.0. The van der Waals surface area contributed by atoms with Gasteiger partial charge in [-0.15, -0.1) is 0 Å². The van der Waals surface area contributed by atoms with Gasteiger partial charge < -0.3 is 9.84 Å². The summed E-state index contributed by atoms with van der Waals surface area (Å²) in [5, 5.41) is 7.88. The van der Waals surface area contributed by atoms with Gasteiger partial charge in [0.2, 0.25) is 0 Å². The topological polar surface area (TPSA) is 102 Å². The second-order valence-corrected chi connectivity index (χ2v) is 10.7. The molecule has 1 amide bonds. The standard InChI is InChI=1S/C25H21N3O4S/c29-24(26-19-12-13-33(30,31)21-9-5-4-8-17(19)21)18-14-20(15-10-11-15)27-25-22(18)23(28-32-25)16-6-2-1-3-7-16/h1-9,14-15,19H,10-13H2,(H,26,29). The van der Waals surface area contributed by atoms with E-state index in [1.165, 1.54) is 0 Å². The van der Waals surface area contributed by atoms with Gasteiger partial charge in [0.05, 0.1) is 27.6 Å². The van der Waals surface area contributed by atoms with Gasteiger partial charge in [-0.25, -0.2) is 13.4 Å². The van der Waals surface area contributed by atoms with E-state index in [0.717, 1.165) is 24.1 Å². The van der Waals surface area contributed by atoms with Crippen LogP contribution in [0.3, 0.4) is 0 Å². The number of hydrogen-bond acceptors (Lipinski definition) is 6. The van der Waals surface area contributed by atoms with Crippen LogP contribution >= 0.6 is 0 Å². The molecule has 0 spiro atoms. The first-order chi connectivity index (χ1) is 16.0. The molecule has 7 nitrogen and oxygen atoms in total. The molecule has 1 unspecified atom stereocenters. The Morgan fingerprint density at radius 3 is 2.55 bits per heavy atom. The molecule has 4 aromatic rings. The molecule has 166 valence electrons. The molecule has 3 heterocycles. The number of amides is 1. The van der Waals surface area contributed by atoms with Gasteiger partial charge in [0.1, 0.15) is 5.69 Å². The normalized spacial score (nSPS) is 19.2. The lowest BCUT2D eigenvalue weighted by Gasteiger charge is -2.26. The summed E-state index contributed by atoms with van der Waals surface area (Å²) in [6.45, 7) is 0. The smallest absolute Gasteiger partial charge is 0.259 e. The molecule has 1 saturated carbocycles. The van der Waals surface area contributed by atoms with Crippen molar-refractivity contribution < 1.29 is 17.7 Å². The fourth-order valence-electron chi connectivity index (χ4n) is 4.51. The Morgan fingerprint density at radius 2 is 1.76 bits per heavy atom. The Morgan fingerprint density at radius 1 is 1.00 bits per heavy atom. The Kier molecular flexibility index (Phi) is 4.58. The van der Waals surface area contributed by atoms with E-state index < -0.39 is 15.9 Å². The predicted molar refractivity (Wildman–Crippen MR) is 123 cm³/mol. The van der Waals surface area contributed by atoms with Gasteiger partial charge in [-0.05, 0) is 37.0 Å². The molecule has 33 heavy (non-hydrogen) atoms. The van der Waals surface area contributed by atoms with Crippen molar-refractivity contribution in [3.8, 4) is 11.3 Å². The van der Waals surface area contributed by atoms with Crippen LogP contribution in [0.2, 0.25) is 0 Å². The molecule has 2 aromatic heterocycles. The van der Waals surface area contributed by atoms with Crippen molar-refractivity contribution in [1.82, 2.24) is 15.5 Å². The molecule has 0 radical (unpaired) electrons. The average molecular weight is 460 g/mol. The number of hydrogen-bond donors (Lipinski definition) is 1. The number of pyridine rings is 1. The summed E-state index contributed by atoms with van der Waals surface area (Å²) in [5.41, 5.74) is 3.65. The number of aromatic nitrogens is 2. The van der Waals surface area contributed by atoms with Crippen LogP contribution < -0.4 is 5.32 Å². The van der Waals surface area contributed by atoms with Crippen LogP contribution in [0.4, 0.5) is 0 Å². The third-order valence-corrected chi connectivity index (χ3v) is 8.18. The molecule has 8 heteroatoms. The van der Waals surface area contributed by atoms with E-state index in [-0.39, 0.29) is 16.6 Å². The highest BCUT2D eigenvalue weighted by atomic mass is 32.2. The van der Waals surface area contributed by atoms with Crippen molar-refractivity contribution in [2.75, 3.05) is 5.75 Å². The van der Waals surface area contributed by atoms with Crippen LogP contribution in [0.5, 0.6) is 0 Å². The molecule has 1 aliphatic heterocycles. The van der Waals surface area contributed by atoms with E-state index in [1.54, 1.807) is 24.3 Å².